The van der Waals surface area contributed by atoms with Crippen LogP contribution in [0.15, 0.2) is 12.2 Å². The maximum Gasteiger partial charge on any atom is 0.303 e. The fourth-order valence-corrected chi connectivity index (χ4v) is 2.27. The highest BCUT2D eigenvalue weighted by atomic mass is 16.4. The second-order valence-corrected chi connectivity index (χ2v) is 5.73. The molecule has 3 nitrogen and oxygen atoms in total. The van der Waals surface area contributed by atoms with E-state index >= 15 is 0 Å². The van der Waals surface area contributed by atoms with Gasteiger partial charge in [0, 0.05) is 12.8 Å². The van der Waals surface area contributed by atoms with Gasteiger partial charge in [0.25, 0.3) is 0 Å². The van der Waals surface area contributed by atoms with E-state index in [-0.39, 0.29) is 5.78 Å². The molecule has 0 aliphatic carbocycles. The Labute approximate surface area is 129 Å². The first-order valence-corrected chi connectivity index (χ1v) is 8.58. The van der Waals surface area contributed by atoms with E-state index in [4.69, 9.17) is 5.11 Å². The molecule has 0 bridgehead atoms. The van der Waals surface area contributed by atoms with Crippen molar-refractivity contribution in [2.45, 2.75) is 90.4 Å². The maximum atomic E-state index is 11.5. The fourth-order valence-electron chi connectivity index (χ4n) is 2.27. The summed E-state index contributed by atoms with van der Waals surface area (Å²) in [7, 11) is 0. The standard InChI is InChI=1S/C18H32O3/c1-2-3-11-14-17(19)15-12-9-7-5-4-6-8-10-13-16-18(20)21/h12,15H,2-11,13-14,16H2,1H3,(H,20,21). The van der Waals surface area contributed by atoms with Gasteiger partial charge in [0.1, 0.15) is 0 Å². The molecule has 0 radical (unpaired) electrons. The van der Waals surface area contributed by atoms with Crippen LogP contribution in [0.4, 0.5) is 0 Å². The molecule has 3 heteroatoms. The molecule has 0 fully saturated rings. The topological polar surface area (TPSA) is 54.4 Å². The van der Waals surface area contributed by atoms with E-state index in [9.17, 15) is 9.59 Å². The van der Waals surface area contributed by atoms with Gasteiger partial charge in [-0.25, -0.2) is 0 Å². The van der Waals surface area contributed by atoms with Gasteiger partial charge in [0.2, 0.25) is 0 Å². The molecule has 0 saturated carbocycles. The number of unbranched alkanes of at least 4 members (excludes halogenated alkanes) is 9. The van der Waals surface area contributed by atoms with E-state index in [2.05, 4.69) is 6.92 Å². The molecule has 0 saturated heterocycles. The third kappa shape index (κ3) is 16.8. The Bertz CT molecular complexity index is 295. The summed E-state index contributed by atoms with van der Waals surface area (Å²) in [5.74, 6) is -0.423. The maximum absolute atomic E-state index is 11.5. The highest BCUT2D eigenvalue weighted by molar-refractivity contribution is 5.89. The van der Waals surface area contributed by atoms with E-state index in [1.54, 1.807) is 6.08 Å². The van der Waals surface area contributed by atoms with Crippen molar-refractivity contribution in [3.63, 3.8) is 0 Å². The zero-order chi connectivity index (χ0) is 15.8. The summed E-state index contributed by atoms with van der Waals surface area (Å²) in [6.45, 7) is 2.15. The summed E-state index contributed by atoms with van der Waals surface area (Å²) in [6, 6.07) is 0. The molecule has 0 aromatic rings. The SMILES string of the molecule is CCCCCC(=O)C=CCCCCCCCCCC(=O)O. The summed E-state index contributed by atoms with van der Waals surface area (Å²) >= 11 is 0. The molecule has 0 atom stereocenters. The number of ketones is 1. The highest BCUT2D eigenvalue weighted by Gasteiger charge is 1.97. The number of allylic oxidation sites excluding steroid dienone is 2. The zero-order valence-corrected chi connectivity index (χ0v) is 13.6. The number of hydrogen-bond acceptors (Lipinski definition) is 2. The number of carbonyl (C=O) groups excluding carboxylic acids is 1. The first-order chi connectivity index (χ1) is 10.2. The molecule has 0 amide bonds. The number of hydrogen-bond donors (Lipinski definition) is 1. The average molecular weight is 296 g/mol. The Balaban J connectivity index is 3.24. The normalized spacial score (nSPS) is 11.1. The first kappa shape index (κ1) is 19.9. The number of carboxylic acids is 1. The molecule has 0 rings (SSSR count). The van der Waals surface area contributed by atoms with Crippen LogP contribution >= 0.6 is 0 Å². The lowest BCUT2D eigenvalue weighted by Crippen LogP contribution is -1.93. The van der Waals surface area contributed by atoms with Crippen LogP contribution < -0.4 is 0 Å². The van der Waals surface area contributed by atoms with E-state index in [1.807, 2.05) is 6.08 Å². The quantitative estimate of drug-likeness (QED) is 0.330. The lowest BCUT2D eigenvalue weighted by atomic mass is 10.1. The molecule has 1 N–H and O–H groups in total. The Morgan fingerprint density at radius 3 is 2.00 bits per heavy atom. The second kappa shape index (κ2) is 15.3. The van der Waals surface area contributed by atoms with Gasteiger partial charge in [0.05, 0.1) is 0 Å². The van der Waals surface area contributed by atoms with Crippen molar-refractivity contribution in [2.75, 3.05) is 0 Å². The molecule has 21 heavy (non-hydrogen) atoms. The summed E-state index contributed by atoms with van der Waals surface area (Å²) in [5.41, 5.74) is 0. The van der Waals surface area contributed by atoms with Crippen molar-refractivity contribution < 1.29 is 14.7 Å². The van der Waals surface area contributed by atoms with Crippen LogP contribution in [-0.4, -0.2) is 16.9 Å². The predicted octanol–water partition coefficient (Wildman–Crippen LogP) is 5.29. The molecule has 122 valence electrons. The van der Waals surface area contributed by atoms with Crippen molar-refractivity contribution in [1.29, 1.82) is 0 Å². The molecule has 0 aliphatic rings. The van der Waals surface area contributed by atoms with Gasteiger partial charge in [-0.3, -0.25) is 9.59 Å². The Morgan fingerprint density at radius 2 is 1.38 bits per heavy atom. The van der Waals surface area contributed by atoms with E-state index in [0.717, 1.165) is 51.4 Å². The Kier molecular flexibility index (Phi) is 14.5. The number of aliphatic carboxylic acids is 1. The van der Waals surface area contributed by atoms with Crippen molar-refractivity contribution in [2.24, 2.45) is 0 Å². The van der Waals surface area contributed by atoms with Crippen LogP contribution in [0.2, 0.25) is 0 Å². The fraction of sp³-hybridized carbons (Fsp3) is 0.778. The third-order valence-corrected chi connectivity index (χ3v) is 3.59. The third-order valence-electron chi connectivity index (χ3n) is 3.59. The summed E-state index contributed by atoms with van der Waals surface area (Å²) in [5, 5.41) is 8.51. The molecular weight excluding hydrogens is 264 g/mol. The largest absolute Gasteiger partial charge is 0.481 e. The monoisotopic (exact) mass is 296 g/mol. The van der Waals surface area contributed by atoms with Crippen LogP contribution in [0.5, 0.6) is 0 Å². The number of carboxylic acid groups (broad SMARTS) is 1. The highest BCUT2D eigenvalue weighted by Crippen LogP contribution is 2.10. The second-order valence-electron chi connectivity index (χ2n) is 5.73. The van der Waals surface area contributed by atoms with E-state index < -0.39 is 5.97 Å². The molecular formula is C18H32O3. The van der Waals surface area contributed by atoms with Gasteiger partial charge < -0.3 is 5.11 Å². The minimum Gasteiger partial charge on any atom is -0.481 e. The van der Waals surface area contributed by atoms with Crippen molar-refractivity contribution >= 4 is 11.8 Å². The zero-order valence-electron chi connectivity index (χ0n) is 13.6. The van der Waals surface area contributed by atoms with Gasteiger partial charge in [-0.1, -0.05) is 57.9 Å². The molecule has 0 heterocycles. The first-order valence-electron chi connectivity index (χ1n) is 8.58. The van der Waals surface area contributed by atoms with Crippen LogP contribution in [0, 0.1) is 0 Å². The van der Waals surface area contributed by atoms with Crippen LogP contribution in [0.3, 0.4) is 0 Å². The van der Waals surface area contributed by atoms with Gasteiger partial charge in [-0.05, 0) is 31.8 Å². The van der Waals surface area contributed by atoms with Gasteiger partial charge in [-0.15, -0.1) is 0 Å². The minimum atomic E-state index is -0.689. The summed E-state index contributed by atoms with van der Waals surface area (Å²) in [6.07, 6.45) is 16.8. The molecule has 0 spiro atoms. The van der Waals surface area contributed by atoms with Gasteiger partial charge in [0.15, 0.2) is 5.78 Å². The lowest BCUT2D eigenvalue weighted by Gasteiger charge is -2.00. The molecule has 0 unspecified atom stereocenters. The summed E-state index contributed by atoms with van der Waals surface area (Å²) in [4.78, 5) is 21.8. The van der Waals surface area contributed by atoms with E-state index in [1.165, 1.54) is 19.3 Å². The average Bonchev–Trinajstić information content (AvgIpc) is 2.44. The van der Waals surface area contributed by atoms with Crippen molar-refractivity contribution in [3.05, 3.63) is 12.2 Å². The van der Waals surface area contributed by atoms with Crippen molar-refractivity contribution in [1.82, 2.24) is 0 Å². The summed E-state index contributed by atoms with van der Waals surface area (Å²) < 4.78 is 0. The molecule has 0 aliphatic heterocycles. The van der Waals surface area contributed by atoms with Crippen molar-refractivity contribution in [3.8, 4) is 0 Å². The Hall–Kier alpha value is -1.12. The number of carbonyl (C=O) groups is 2. The van der Waals surface area contributed by atoms with Gasteiger partial charge >= 0.3 is 5.97 Å². The molecule has 0 aromatic heterocycles. The Morgan fingerprint density at radius 1 is 0.810 bits per heavy atom. The van der Waals surface area contributed by atoms with Crippen LogP contribution in [-0.2, 0) is 9.59 Å². The minimum absolute atomic E-state index is 0.266. The van der Waals surface area contributed by atoms with Crippen LogP contribution in [0.25, 0.3) is 0 Å². The molecule has 0 aromatic carbocycles. The number of rotatable bonds is 15. The smallest absolute Gasteiger partial charge is 0.303 e. The van der Waals surface area contributed by atoms with Crippen LogP contribution in [0.1, 0.15) is 90.4 Å². The van der Waals surface area contributed by atoms with E-state index in [0.29, 0.717) is 12.8 Å². The predicted molar refractivity (Wildman–Crippen MR) is 87.5 cm³/mol. The lowest BCUT2D eigenvalue weighted by molar-refractivity contribution is -0.137. The van der Waals surface area contributed by atoms with Gasteiger partial charge in [-0.2, -0.15) is 0 Å².